The fourth-order valence-electron chi connectivity index (χ4n) is 2.47. The molecule has 1 aliphatic heterocycles. The first-order chi connectivity index (χ1) is 8.33. The molecule has 2 atom stereocenters. The standard InChI is InChI=1S/C13H17N3O/c17-12-4-5-14-8-10(12)7-11-9-16-6-2-1-3-13(16)15-11/h1-3,6,9-10,12,14,17H,4-5,7-8H2. The molecule has 0 aromatic carbocycles. The van der Waals surface area contributed by atoms with Crippen molar-refractivity contribution in [2.45, 2.75) is 18.9 Å². The molecule has 2 aromatic rings. The molecule has 1 fully saturated rings. The maximum absolute atomic E-state index is 9.93. The van der Waals surface area contributed by atoms with Gasteiger partial charge in [-0.1, -0.05) is 6.07 Å². The van der Waals surface area contributed by atoms with Crippen LogP contribution in [0.25, 0.3) is 5.65 Å². The van der Waals surface area contributed by atoms with Crippen LogP contribution < -0.4 is 5.32 Å². The lowest BCUT2D eigenvalue weighted by atomic mass is 9.92. The number of aliphatic hydroxyl groups excluding tert-OH is 1. The fraction of sp³-hybridized carbons (Fsp3) is 0.462. The van der Waals surface area contributed by atoms with E-state index in [0.29, 0.717) is 0 Å². The molecule has 17 heavy (non-hydrogen) atoms. The van der Waals surface area contributed by atoms with Gasteiger partial charge in [0, 0.05) is 24.9 Å². The molecule has 3 heterocycles. The highest BCUT2D eigenvalue weighted by molar-refractivity contribution is 5.39. The molecule has 0 bridgehead atoms. The summed E-state index contributed by atoms with van der Waals surface area (Å²) >= 11 is 0. The van der Waals surface area contributed by atoms with Crippen molar-refractivity contribution in [2.24, 2.45) is 5.92 Å². The van der Waals surface area contributed by atoms with E-state index in [4.69, 9.17) is 0 Å². The Balaban J connectivity index is 1.79. The summed E-state index contributed by atoms with van der Waals surface area (Å²) in [5.74, 6) is 0.286. The molecule has 0 radical (unpaired) electrons. The van der Waals surface area contributed by atoms with E-state index in [1.807, 2.05) is 28.8 Å². The maximum atomic E-state index is 9.93. The minimum absolute atomic E-state index is 0.193. The molecule has 0 spiro atoms. The summed E-state index contributed by atoms with van der Waals surface area (Å²) in [4.78, 5) is 4.57. The molecule has 4 heteroatoms. The molecule has 2 unspecified atom stereocenters. The zero-order chi connectivity index (χ0) is 11.7. The van der Waals surface area contributed by atoms with Crippen molar-refractivity contribution in [3.05, 3.63) is 36.3 Å². The molecule has 2 N–H and O–H groups in total. The lowest BCUT2D eigenvalue weighted by Crippen LogP contribution is -2.40. The summed E-state index contributed by atoms with van der Waals surface area (Å²) < 4.78 is 2.03. The molecular formula is C13H17N3O. The number of aromatic nitrogens is 2. The van der Waals surface area contributed by atoms with Crippen LogP contribution in [0.4, 0.5) is 0 Å². The topological polar surface area (TPSA) is 49.6 Å². The molecule has 1 saturated heterocycles. The van der Waals surface area contributed by atoms with Gasteiger partial charge < -0.3 is 14.8 Å². The minimum Gasteiger partial charge on any atom is -0.393 e. The summed E-state index contributed by atoms with van der Waals surface area (Å²) in [5.41, 5.74) is 2.03. The van der Waals surface area contributed by atoms with Gasteiger partial charge in [0.15, 0.2) is 0 Å². The minimum atomic E-state index is -0.193. The fourth-order valence-corrected chi connectivity index (χ4v) is 2.47. The van der Waals surface area contributed by atoms with Crippen LogP contribution in [-0.4, -0.2) is 33.7 Å². The Bertz CT molecular complexity index is 475. The van der Waals surface area contributed by atoms with Gasteiger partial charge in [-0.3, -0.25) is 0 Å². The largest absolute Gasteiger partial charge is 0.393 e. The molecule has 3 rings (SSSR count). The molecule has 4 nitrogen and oxygen atoms in total. The molecule has 2 aromatic heterocycles. The lowest BCUT2D eigenvalue weighted by Gasteiger charge is -2.27. The van der Waals surface area contributed by atoms with Crippen molar-refractivity contribution >= 4 is 5.65 Å². The van der Waals surface area contributed by atoms with E-state index in [1.165, 1.54) is 0 Å². The Kier molecular flexibility index (Phi) is 2.82. The van der Waals surface area contributed by atoms with Gasteiger partial charge in [0.05, 0.1) is 11.8 Å². The summed E-state index contributed by atoms with van der Waals surface area (Å²) in [6.07, 6.45) is 5.55. The van der Waals surface area contributed by atoms with Crippen molar-refractivity contribution in [3.8, 4) is 0 Å². The van der Waals surface area contributed by atoms with Crippen molar-refractivity contribution in [3.63, 3.8) is 0 Å². The maximum Gasteiger partial charge on any atom is 0.136 e. The van der Waals surface area contributed by atoms with E-state index in [0.717, 1.165) is 37.3 Å². The monoisotopic (exact) mass is 231 g/mol. The molecule has 0 aliphatic carbocycles. The van der Waals surface area contributed by atoms with Gasteiger partial charge in [-0.2, -0.15) is 0 Å². The van der Waals surface area contributed by atoms with E-state index in [1.54, 1.807) is 0 Å². The molecule has 0 saturated carbocycles. The number of nitrogens with zero attached hydrogens (tertiary/aromatic N) is 2. The third kappa shape index (κ3) is 2.18. The molecule has 0 amide bonds. The zero-order valence-corrected chi connectivity index (χ0v) is 9.71. The summed E-state index contributed by atoms with van der Waals surface area (Å²) in [5, 5.41) is 13.3. The second-order valence-corrected chi connectivity index (χ2v) is 4.72. The Labute approximate surface area is 100 Å². The van der Waals surface area contributed by atoms with E-state index in [9.17, 15) is 5.11 Å². The smallest absolute Gasteiger partial charge is 0.136 e. The van der Waals surface area contributed by atoms with E-state index >= 15 is 0 Å². The van der Waals surface area contributed by atoms with Crippen LogP contribution in [0.15, 0.2) is 30.6 Å². The number of piperidine rings is 1. The third-order valence-corrected chi connectivity index (χ3v) is 3.45. The van der Waals surface area contributed by atoms with Crippen molar-refractivity contribution in [2.75, 3.05) is 13.1 Å². The number of nitrogens with one attached hydrogen (secondary N) is 1. The number of fused-ring (bicyclic) bond motifs is 1. The van der Waals surface area contributed by atoms with Crippen molar-refractivity contribution in [1.82, 2.24) is 14.7 Å². The number of hydrogen-bond donors (Lipinski definition) is 2. The number of hydrogen-bond acceptors (Lipinski definition) is 3. The van der Waals surface area contributed by atoms with Gasteiger partial charge in [-0.05, 0) is 31.5 Å². The number of pyridine rings is 1. The Hall–Kier alpha value is -1.39. The van der Waals surface area contributed by atoms with Crippen LogP contribution in [0.2, 0.25) is 0 Å². The second kappa shape index (κ2) is 4.47. The Morgan fingerprint density at radius 1 is 1.47 bits per heavy atom. The third-order valence-electron chi connectivity index (χ3n) is 3.45. The van der Waals surface area contributed by atoms with Gasteiger partial charge in [-0.25, -0.2) is 4.98 Å². The highest BCUT2D eigenvalue weighted by atomic mass is 16.3. The Morgan fingerprint density at radius 3 is 3.24 bits per heavy atom. The van der Waals surface area contributed by atoms with Crippen LogP contribution in [-0.2, 0) is 6.42 Å². The number of imidazole rings is 1. The highest BCUT2D eigenvalue weighted by Gasteiger charge is 2.23. The second-order valence-electron chi connectivity index (χ2n) is 4.72. The highest BCUT2D eigenvalue weighted by Crippen LogP contribution is 2.17. The zero-order valence-electron chi connectivity index (χ0n) is 9.71. The average molecular weight is 231 g/mol. The van der Waals surface area contributed by atoms with Gasteiger partial charge in [0.25, 0.3) is 0 Å². The first-order valence-electron chi connectivity index (χ1n) is 6.14. The summed E-state index contributed by atoms with van der Waals surface area (Å²) in [6, 6.07) is 5.98. The van der Waals surface area contributed by atoms with E-state index in [2.05, 4.69) is 16.5 Å². The van der Waals surface area contributed by atoms with Crippen LogP contribution in [0, 0.1) is 5.92 Å². The summed E-state index contributed by atoms with van der Waals surface area (Å²) in [7, 11) is 0. The summed E-state index contributed by atoms with van der Waals surface area (Å²) in [6.45, 7) is 1.80. The van der Waals surface area contributed by atoms with Gasteiger partial charge in [-0.15, -0.1) is 0 Å². The van der Waals surface area contributed by atoms with Crippen LogP contribution >= 0.6 is 0 Å². The van der Waals surface area contributed by atoms with Gasteiger partial charge in [0.1, 0.15) is 5.65 Å². The van der Waals surface area contributed by atoms with Gasteiger partial charge in [0.2, 0.25) is 0 Å². The van der Waals surface area contributed by atoms with Crippen LogP contribution in [0.1, 0.15) is 12.1 Å². The van der Waals surface area contributed by atoms with Crippen LogP contribution in [0.3, 0.4) is 0 Å². The predicted molar refractivity (Wildman–Crippen MR) is 65.9 cm³/mol. The van der Waals surface area contributed by atoms with E-state index in [-0.39, 0.29) is 12.0 Å². The molecule has 90 valence electrons. The molecule has 1 aliphatic rings. The predicted octanol–water partition coefficient (Wildman–Crippen LogP) is 0.847. The van der Waals surface area contributed by atoms with Crippen molar-refractivity contribution < 1.29 is 5.11 Å². The quantitative estimate of drug-likeness (QED) is 0.805. The van der Waals surface area contributed by atoms with E-state index < -0.39 is 0 Å². The average Bonchev–Trinajstić information content (AvgIpc) is 2.74. The lowest BCUT2D eigenvalue weighted by molar-refractivity contribution is 0.0787. The number of aliphatic hydroxyl groups is 1. The molecular weight excluding hydrogens is 214 g/mol. The SMILES string of the molecule is OC1CCNCC1Cc1cn2ccccc2n1. The first kappa shape index (κ1) is 10.7. The van der Waals surface area contributed by atoms with Crippen molar-refractivity contribution in [1.29, 1.82) is 0 Å². The Morgan fingerprint density at radius 2 is 2.41 bits per heavy atom. The first-order valence-corrected chi connectivity index (χ1v) is 6.14. The van der Waals surface area contributed by atoms with Gasteiger partial charge >= 0.3 is 0 Å². The normalized spacial score (nSPS) is 25.2. The van der Waals surface area contributed by atoms with Crippen LogP contribution in [0.5, 0.6) is 0 Å². The number of rotatable bonds is 2.